The average molecular weight is 216 g/mol. The van der Waals surface area contributed by atoms with Crippen LogP contribution in [0.2, 0.25) is 0 Å². The second-order valence-corrected chi connectivity index (χ2v) is 3.91. The van der Waals surface area contributed by atoms with E-state index in [9.17, 15) is 0 Å². The van der Waals surface area contributed by atoms with Crippen LogP contribution >= 0.6 is 0 Å². The highest BCUT2D eigenvalue weighted by Gasteiger charge is 2.21. The van der Waals surface area contributed by atoms with E-state index < -0.39 is 0 Å². The zero-order valence-corrected chi connectivity index (χ0v) is 8.76. The van der Waals surface area contributed by atoms with Crippen molar-refractivity contribution in [3.8, 4) is 11.5 Å². The van der Waals surface area contributed by atoms with Crippen molar-refractivity contribution in [1.82, 2.24) is 20.4 Å². The maximum Gasteiger partial charge on any atom is 0.258 e. The molecule has 1 fully saturated rings. The molecule has 2 aromatic heterocycles. The van der Waals surface area contributed by atoms with E-state index in [0.29, 0.717) is 24.3 Å². The van der Waals surface area contributed by atoms with Crippen molar-refractivity contribution in [2.45, 2.75) is 25.4 Å². The molecule has 82 valence electrons. The first-order valence-corrected chi connectivity index (χ1v) is 5.38. The first-order valence-electron chi connectivity index (χ1n) is 5.38. The van der Waals surface area contributed by atoms with Crippen LogP contribution in [0.1, 0.15) is 18.7 Å². The number of aromatic nitrogens is 3. The molecule has 1 aliphatic rings. The molecule has 5 heteroatoms. The summed E-state index contributed by atoms with van der Waals surface area (Å²) in [5.74, 6) is 1.26. The van der Waals surface area contributed by atoms with Crippen molar-refractivity contribution in [3.05, 3.63) is 30.4 Å². The fraction of sp³-hybridized carbons (Fsp3) is 0.364. The lowest BCUT2D eigenvalue weighted by atomic mass is 10.3. The van der Waals surface area contributed by atoms with Gasteiger partial charge in [0.05, 0.1) is 6.54 Å². The lowest BCUT2D eigenvalue weighted by molar-refractivity contribution is 0.419. The second kappa shape index (κ2) is 4.02. The molecule has 0 amide bonds. The molecule has 16 heavy (non-hydrogen) atoms. The van der Waals surface area contributed by atoms with E-state index in [0.717, 1.165) is 5.56 Å². The van der Waals surface area contributed by atoms with Crippen LogP contribution in [0.25, 0.3) is 11.5 Å². The molecule has 2 heterocycles. The number of hydrogen-bond donors (Lipinski definition) is 1. The Hall–Kier alpha value is -1.75. The van der Waals surface area contributed by atoms with Crippen LogP contribution in [0, 0.1) is 0 Å². The highest BCUT2D eigenvalue weighted by molar-refractivity contribution is 5.50. The summed E-state index contributed by atoms with van der Waals surface area (Å²) >= 11 is 0. The molecule has 0 aliphatic heterocycles. The standard InChI is InChI=1S/C11H12N4O/c1-2-9(1)13-7-10-14-11(16-15-10)8-3-5-12-6-4-8/h3-6,9,13H,1-2,7H2. The van der Waals surface area contributed by atoms with Gasteiger partial charge in [-0.2, -0.15) is 4.98 Å². The number of nitrogens with one attached hydrogen (secondary N) is 1. The maximum absolute atomic E-state index is 5.17. The molecule has 0 radical (unpaired) electrons. The minimum Gasteiger partial charge on any atom is -0.334 e. The Morgan fingerprint density at radius 2 is 2.12 bits per heavy atom. The fourth-order valence-corrected chi connectivity index (χ4v) is 1.46. The second-order valence-electron chi connectivity index (χ2n) is 3.91. The van der Waals surface area contributed by atoms with Crippen LogP contribution in [0.15, 0.2) is 29.0 Å². The van der Waals surface area contributed by atoms with E-state index in [1.807, 2.05) is 12.1 Å². The van der Waals surface area contributed by atoms with E-state index in [1.165, 1.54) is 12.8 Å². The zero-order valence-electron chi connectivity index (χ0n) is 8.76. The normalized spacial score (nSPS) is 15.2. The minimum absolute atomic E-state index is 0.551. The topological polar surface area (TPSA) is 63.8 Å². The van der Waals surface area contributed by atoms with Gasteiger partial charge in [-0.3, -0.25) is 4.98 Å². The lowest BCUT2D eigenvalue weighted by Gasteiger charge is -1.94. The van der Waals surface area contributed by atoms with Crippen LogP contribution < -0.4 is 5.32 Å². The summed E-state index contributed by atoms with van der Waals surface area (Å²) in [5, 5.41) is 7.26. The highest BCUT2D eigenvalue weighted by Crippen LogP contribution is 2.19. The van der Waals surface area contributed by atoms with E-state index in [-0.39, 0.29) is 0 Å². The Bertz CT molecular complexity index is 464. The van der Waals surface area contributed by atoms with Gasteiger partial charge in [-0.1, -0.05) is 5.16 Å². The van der Waals surface area contributed by atoms with E-state index in [1.54, 1.807) is 12.4 Å². The van der Waals surface area contributed by atoms with Crippen LogP contribution in [0.5, 0.6) is 0 Å². The van der Waals surface area contributed by atoms with Gasteiger partial charge in [0.25, 0.3) is 5.89 Å². The molecule has 0 saturated heterocycles. The Labute approximate surface area is 92.9 Å². The molecule has 2 aromatic rings. The van der Waals surface area contributed by atoms with Gasteiger partial charge < -0.3 is 9.84 Å². The number of nitrogens with zero attached hydrogens (tertiary/aromatic N) is 3. The van der Waals surface area contributed by atoms with Gasteiger partial charge in [-0.15, -0.1) is 0 Å². The maximum atomic E-state index is 5.17. The van der Waals surface area contributed by atoms with Crippen molar-refractivity contribution in [2.24, 2.45) is 0 Å². The highest BCUT2D eigenvalue weighted by atomic mass is 16.5. The molecule has 0 atom stereocenters. The summed E-state index contributed by atoms with van der Waals surface area (Å²) in [6, 6.07) is 4.36. The third kappa shape index (κ3) is 2.09. The Balaban J connectivity index is 1.71. The molecule has 0 unspecified atom stereocenters. The minimum atomic E-state index is 0.551. The zero-order chi connectivity index (χ0) is 10.8. The van der Waals surface area contributed by atoms with Crippen LogP contribution in [-0.2, 0) is 6.54 Å². The van der Waals surface area contributed by atoms with Crippen molar-refractivity contribution in [3.63, 3.8) is 0 Å². The van der Waals surface area contributed by atoms with E-state index in [4.69, 9.17) is 4.52 Å². The third-order valence-corrected chi connectivity index (χ3v) is 2.52. The summed E-state index contributed by atoms with van der Waals surface area (Å²) in [7, 11) is 0. The van der Waals surface area contributed by atoms with Gasteiger partial charge in [0.1, 0.15) is 0 Å². The van der Waals surface area contributed by atoms with Gasteiger partial charge in [0.2, 0.25) is 0 Å². The Morgan fingerprint density at radius 3 is 2.88 bits per heavy atom. The van der Waals surface area contributed by atoms with Gasteiger partial charge >= 0.3 is 0 Å². The summed E-state index contributed by atoms with van der Waals surface area (Å²) in [6.45, 7) is 0.680. The Kier molecular flexibility index (Phi) is 2.38. The predicted molar refractivity (Wildman–Crippen MR) is 57.4 cm³/mol. The summed E-state index contributed by atoms with van der Waals surface area (Å²) in [6.07, 6.45) is 5.94. The summed E-state index contributed by atoms with van der Waals surface area (Å²) in [5.41, 5.74) is 0.903. The number of rotatable bonds is 4. The first-order chi connectivity index (χ1) is 7.92. The molecule has 1 N–H and O–H groups in total. The van der Waals surface area contributed by atoms with Crippen molar-refractivity contribution < 1.29 is 4.52 Å². The lowest BCUT2D eigenvalue weighted by Crippen LogP contribution is -2.16. The first kappa shape index (κ1) is 9.47. The number of hydrogen-bond acceptors (Lipinski definition) is 5. The Morgan fingerprint density at radius 1 is 1.31 bits per heavy atom. The van der Waals surface area contributed by atoms with Crippen molar-refractivity contribution in [1.29, 1.82) is 0 Å². The molecular weight excluding hydrogens is 204 g/mol. The smallest absolute Gasteiger partial charge is 0.258 e. The van der Waals surface area contributed by atoms with Gasteiger partial charge in [-0.25, -0.2) is 0 Å². The fourth-order valence-electron chi connectivity index (χ4n) is 1.46. The average Bonchev–Trinajstić information content (AvgIpc) is 3.05. The van der Waals surface area contributed by atoms with E-state index in [2.05, 4.69) is 20.4 Å². The SMILES string of the molecule is c1cc(-c2nc(CNC3CC3)no2)ccn1. The van der Waals surface area contributed by atoms with Gasteiger partial charge in [0.15, 0.2) is 5.82 Å². The molecule has 1 aliphatic carbocycles. The predicted octanol–water partition coefficient (Wildman–Crippen LogP) is 1.38. The number of pyridine rings is 1. The van der Waals surface area contributed by atoms with Crippen molar-refractivity contribution >= 4 is 0 Å². The monoisotopic (exact) mass is 216 g/mol. The van der Waals surface area contributed by atoms with E-state index >= 15 is 0 Å². The molecule has 0 aromatic carbocycles. The molecule has 3 rings (SSSR count). The molecule has 5 nitrogen and oxygen atoms in total. The van der Waals surface area contributed by atoms with Crippen LogP contribution in [0.4, 0.5) is 0 Å². The van der Waals surface area contributed by atoms with Crippen LogP contribution in [-0.4, -0.2) is 21.2 Å². The van der Waals surface area contributed by atoms with Crippen LogP contribution in [0.3, 0.4) is 0 Å². The molecule has 0 spiro atoms. The van der Waals surface area contributed by atoms with Gasteiger partial charge in [-0.05, 0) is 25.0 Å². The van der Waals surface area contributed by atoms with Crippen molar-refractivity contribution in [2.75, 3.05) is 0 Å². The molecular formula is C11H12N4O. The molecule has 1 saturated carbocycles. The third-order valence-electron chi connectivity index (χ3n) is 2.52. The molecule has 0 bridgehead atoms. The quantitative estimate of drug-likeness (QED) is 0.836. The summed E-state index contributed by atoms with van der Waals surface area (Å²) in [4.78, 5) is 8.26. The van der Waals surface area contributed by atoms with Gasteiger partial charge in [0, 0.05) is 24.0 Å². The largest absolute Gasteiger partial charge is 0.334 e. The summed E-state index contributed by atoms with van der Waals surface area (Å²) < 4.78 is 5.17.